The highest BCUT2D eigenvalue weighted by Gasteiger charge is 2.35. The van der Waals surface area contributed by atoms with E-state index in [1.165, 1.54) is 25.2 Å². The summed E-state index contributed by atoms with van der Waals surface area (Å²) in [6.45, 7) is 7.01. The highest BCUT2D eigenvalue weighted by Crippen LogP contribution is 2.31. The van der Waals surface area contributed by atoms with Crippen LogP contribution in [0.25, 0.3) is 0 Å². The quantitative estimate of drug-likeness (QED) is 0.531. The fraction of sp³-hybridized carbons (Fsp3) is 0.900. The van der Waals surface area contributed by atoms with Gasteiger partial charge in [-0.3, -0.25) is 4.99 Å². The number of hydrogen-bond donors (Lipinski definition) is 0. The number of aliphatic imine (C=N–C) groups is 1. The lowest BCUT2D eigenvalue weighted by atomic mass is 9.85. The van der Waals surface area contributed by atoms with Crippen LogP contribution in [0, 0.1) is 11.8 Å². The fourth-order valence-corrected chi connectivity index (χ4v) is 2.37. The topological polar surface area (TPSA) is 15.6 Å². The lowest BCUT2D eigenvalue weighted by molar-refractivity contribution is 0.256. The smallest absolute Gasteiger partial charge is 0.0503 e. The summed E-state index contributed by atoms with van der Waals surface area (Å²) in [4.78, 5) is 7.14. The van der Waals surface area contributed by atoms with Gasteiger partial charge in [0.25, 0.3) is 0 Å². The zero-order chi connectivity index (χ0) is 8.72. The third kappa shape index (κ3) is 1.18. The van der Waals surface area contributed by atoms with Crippen LogP contribution < -0.4 is 0 Å². The van der Waals surface area contributed by atoms with Crippen LogP contribution in [0.15, 0.2) is 4.99 Å². The van der Waals surface area contributed by atoms with E-state index in [2.05, 4.69) is 25.8 Å². The third-order valence-electron chi connectivity index (χ3n) is 3.45. The minimum absolute atomic E-state index is 0.566. The Labute approximate surface area is 74.7 Å². The summed E-state index contributed by atoms with van der Waals surface area (Å²) in [5, 5.41) is 0. The van der Waals surface area contributed by atoms with Gasteiger partial charge < -0.3 is 4.90 Å². The van der Waals surface area contributed by atoms with Crippen molar-refractivity contribution in [1.82, 2.24) is 4.90 Å². The van der Waals surface area contributed by atoms with Crippen molar-refractivity contribution >= 4 is 5.71 Å². The van der Waals surface area contributed by atoms with Gasteiger partial charge in [0.05, 0.1) is 6.04 Å². The molecule has 0 radical (unpaired) electrons. The second-order valence-electron chi connectivity index (χ2n) is 4.34. The van der Waals surface area contributed by atoms with Gasteiger partial charge in [-0.25, -0.2) is 0 Å². The first kappa shape index (κ1) is 8.24. The molecule has 0 amide bonds. The van der Waals surface area contributed by atoms with Crippen LogP contribution in [0.3, 0.4) is 0 Å². The molecule has 1 fully saturated rings. The summed E-state index contributed by atoms with van der Waals surface area (Å²) in [5.41, 5.74) is 1.49. The lowest BCUT2D eigenvalue weighted by Gasteiger charge is -2.30. The Kier molecular flexibility index (Phi) is 1.95. The molecule has 68 valence electrons. The van der Waals surface area contributed by atoms with E-state index in [9.17, 15) is 0 Å². The molecule has 2 heteroatoms. The van der Waals surface area contributed by atoms with Crippen molar-refractivity contribution in [2.24, 2.45) is 16.8 Å². The van der Waals surface area contributed by atoms with Crippen LogP contribution >= 0.6 is 0 Å². The van der Waals surface area contributed by atoms with Crippen LogP contribution in [0.1, 0.15) is 20.3 Å². The molecule has 0 spiro atoms. The van der Waals surface area contributed by atoms with Crippen LogP contribution in [-0.2, 0) is 0 Å². The van der Waals surface area contributed by atoms with Gasteiger partial charge in [0.2, 0.25) is 0 Å². The zero-order valence-corrected chi connectivity index (χ0v) is 8.25. The van der Waals surface area contributed by atoms with E-state index in [0.717, 1.165) is 11.8 Å². The van der Waals surface area contributed by atoms with Gasteiger partial charge in [-0.2, -0.15) is 0 Å². The summed E-state index contributed by atoms with van der Waals surface area (Å²) in [6.07, 6.45) is 1.20. The maximum absolute atomic E-state index is 4.72. The Morgan fingerprint density at radius 3 is 2.92 bits per heavy atom. The molecule has 0 aromatic heterocycles. The molecular weight excluding hydrogens is 148 g/mol. The number of fused-ring (bicyclic) bond motifs is 1. The number of nitrogens with zero attached hydrogens (tertiary/aromatic N) is 2. The predicted molar refractivity (Wildman–Crippen MR) is 51.7 cm³/mol. The Morgan fingerprint density at radius 2 is 2.17 bits per heavy atom. The number of piperidine rings is 1. The minimum atomic E-state index is 0.566. The monoisotopic (exact) mass is 166 g/mol. The van der Waals surface area contributed by atoms with Gasteiger partial charge in [0.1, 0.15) is 0 Å². The molecule has 0 aliphatic carbocycles. The van der Waals surface area contributed by atoms with Crippen molar-refractivity contribution in [3.05, 3.63) is 0 Å². The van der Waals surface area contributed by atoms with E-state index in [1.54, 1.807) is 0 Å². The molecule has 2 nitrogen and oxygen atoms in total. The van der Waals surface area contributed by atoms with E-state index >= 15 is 0 Å². The first-order valence-corrected chi connectivity index (χ1v) is 4.93. The van der Waals surface area contributed by atoms with Crippen molar-refractivity contribution < 1.29 is 0 Å². The molecule has 0 aromatic carbocycles. The first-order chi connectivity index (χ1) is 5.68. The molecule has 0 saturated carbocycles. The van der Waals surface area contributed by atoms with Crippen molar-refractivity contribution in [2.45, 2.75) is 26.3 Å². The summed E-state index contributed by atoms with van der Waals surface area (Å²) in [7, 11) is 2.21. The van der Waals surface area contributed by atoms with Crippen molar-refractivity contribution in [3.63, 3.8) is 0 Å². The van der Waals surface area contributed by atoms with E-state index < -0.39 is 0 Å². The minimum Gasteiger partial charge on any atom is -0.305 e. The largest absolute Gasteiger partial charge is 0.305 e. The molecule has 0 N–H and O–H groups in total. The van der Waals surface area contributed by atoms with E-state index in [0.29, 0.717) is 6.04 Å². The molecule has 12 heavy (non-hydrogen) atoms. The van der Waals surface area contributed by atoms with Crippen molar-refractivity contribution in [3.8, 4) is 0 Å². The molecular formula is C10H18N2. The Morgan fingerprint density at radius 1 is 1.42 bits per heavy atom. The second-order valence-corrected chi connectivity index (χ2v) is 4.34. The summed E-state index contributed by atoms with van der Waals surface area (Å²) < 4.78 is 0. The normalized spacial score (nSPS) is 42.6. The fourth-order valence-electron chi connectivity index (χ4n) is 2.37. The lowest BCUT2D eigenvalue weighted by Crippen LogP contribution is -2.39. The van der Waals surface area contributed by atoms with Gasteiger partial charge in [-0.15, -0.1) is 0 Å². The number of rotatable bonds is 0. The summed E-state index contributed by atoms with van der Waals surface area (Å²) >= 11 is 0. The standard InChI is InChI=1S/C10H18N2/c1-7-8(2)11-10-4-5-12(3)6-9(7)10/h7-9H,4-6H2,1-3H3. The van der Waals surface area contributed by atoms with E-state index in [-0.39, 0.29) is 0 Å². The SMILES string of the molecule is CC1N=C2CCN(C)CC2C1C. The first-order valence-electron chi connectivity index (χ1n) is 4.93. The van der Waals surface area contributed by atoms with Crippen LogP contribution in [-0.4, -0.2) is 36.8 Å². The predicted octanol–water partition coefficient (Wildman–Crippen LogP) is 1.42. The highest BCUT2D eigenvalue weighted by molar-refractivity contribution is 5.89. The van der Waals surface area contributed by atoms with Gasteiger partial charge >= 0.3 is 0 Å². The van der Waals surface area contributed by atoms with Gasteiger partial charge in [0.15, 0.2) is 0 Å². The van der Waals surface area contributed by atoms with E-state index in [4.69, 9.17) is 4.99 Å². The molecule has 1 saturated heterocycles. The third-order valence-corrected chi connectivity index (χ3v) is 3.45. The second kappa shape index (κ2) is 2.84. The average Bonchev–Trinajstić information content (AvgIpc) is 2.31. The Hall–Kier alpha value is -0.370. The molecule has 0 bridgehead atoms. The highest BCUT2D eigenvalue weighted by atomic mass is 15.1. The number of likely N-dealkylation sites (tertiary alicyclic amines) is 1. The molecule has 3 unspecified atom stereocenters. The summed E-state index contributed by atoms with van der Waals surface area (Å²) in [6, 6.07) is 0.566. The Bertz CT molecular complexity index is 210. The average molecular weight is 166 g/mol. The van der Waals surface area contributed by atoms with Gasteiger partial charge in [-0.05, 0) is 26.3 Å². The molecule has 2 aliphatic heterocycles. The van der Waals surface area contributed by atoms with Gasteiger partial charge in [-0.1, -0.05) is 6.92 Å². The molecule has 2 rings (SSSR count). The van der Waals surface area contributed by atoms with Gasteiger partial charge in [0, 0.05) is 24.7 Å². The van der Waals surface area contributed by atoms with Crippen LogP contribution in [0.4, 0.5) is 0 Å². The van der Waals surface area contributed by atoms with E-state index in [1.807, 2.05) is 0 Å². The molecule has 0 aromatic rings. The van der Waals surface area contributed by atoms with Crippen molar-refractivity contribution in [1.29, 1.82) is 0 Å². The Balaban J connectivity index is 2.14. The maximum atomic E-state index is 4.72. The molecule has 3 atom stereocenters. The zero-order valence-electron chi connectivity index (χ0n) is 8.25. The van der Waals surface area contributed by atoms with Crippen LogP contribution in [0.2, 0.25) is 0 Å². The summed E-state index contributed by atoms with van der Waals surface area (Å²) in [5.74, 6) is 1.53. The molecule has 2 heterocycles. The number of hydrogen-bond acceptors (Lipinski definition) is 2. The van der Waals surface area contributed by atoms with Crippen molar-refractivity contribution in [2.75, 3.05) is 20.1 Å². The molecule has 2 aliphatic rings. The van der Waals surface area contributed by atoms with Crippen LogP contribution in [0.5, 0.6) is 0 Å². The maximum Gasteiger partial charge on any atom is 0.0503 e.